The van der Waals surface area contributed by atoms with Crippen molar-refractivity contribution in [3.8, 4) is 0 Å². The van der Waals surface area contributed by atoms with Crippen molar-refractivity contribution >= 4 is 49.3 Å². The zero-order chi connectivity index (χ0) is 32.5. The van der Waals surface area contributed by atoms with E-state index < -0.39 is 61.4 Å². The highest BCUT2D eigenvalue weighted by Crippen LogP contribution is 2.09. The highest BCUT2D eigenvalue weighted by molar-refractivity contribution is 7.87. The molecule has 16 nitrogen and oxygen atoms in total. The standard InChI is InChI=1S/2C6H15N.C5H6O4S.C4H7NO5S.H2O4S/c2*1-4-7(5-2)6-3;1-4-2-5(6)3-10(7,8)9-4;1-3(6)2-4(7)5-11(8,9)10;1-4-5(2)3/h2*4-6H2,1-3H3;2H,3H2,1H3;2H2,1H3,(H,5,7)(H,8,9,10);1H,(H,2,3)/p-1. The third kappa shape index (κ3) is 36.2. The van der Waals surface area contributed by atoms with Crippen molar-refractivity contribution in [1.29, 1.82) is 0 Å². The van der Waals surface area contributed by atoms with E-state index in [2.05, 4.69) is 50.1 Å². The van der Waals surface area contributed by atoms with Crippen molar-refractivity contribution in [3.05, 3.63) is 11.8 Å². The third-order valence-electron chi connectivity index (χ3n) is 4.65. The Balaban J connectivity index is -0.000000208. The summed E-state index contributed by atoms with van der Waals surface area (Å²) in [5, 5.41) is 8.52. The first-order chi connectivity index (χ1) is 18.3. The molecule has 0 radical (unpaired) electrons. The van der Waals surface area contributed by atoms with Crippen molar-refractivity contribution in [2.75, 3.05) is 45.0 Å². The molecule has 0 bridgehead atoms. The second-order valence-electron chi connectivity index (χ2n) is 7.76. The predicted molar refractivity (Wildman–Crippen MR) is 142 cm³/mol. The van der Waals surface area contributed by atoms with Crippen LogP contribution >= 0.6 is 0 Å². The second kappa shape index (κ2) is 26.1. The summed E-state index contributed by atoms with van der Waals surface area (Å²) in [6.07, 6.45) is 0.572. The van der Waals surface area contributed by atoms with Gasteiger partial charge in [-0.15, -0.1) is 0 Å². The molecule has 1 aliphatic heterocycles. The molecule has 0 aromatic carbocycles. The number of Topliss-reactive ketones (excluding diaryl/α,β-unsaturated/α-hetero) is 1. The summed E-state index contributed by atoms with van der Waals surface area (Å²) >= 11 is -2.88. The number of ketones is 2. The van der Waals surface area contributed by atoms with Crippen molar-refractivity contribution in [3.63, 3.8) is 0 Å². The Bertz CT molecular complexity index is 954. The first-order valence-electron chi connectivity index (χ1n) is 12.2. The van der Waals surface area contributed by atoms with Crippen LogP contribution < -0.4 is 19.8 Å². The van der Waals surface area contributed by atoms with Crippen LogP contribution in [0, 0.1) is 0 Å². The van der Waals surface area contributed by atoms with Crippen LogP contribution in [0.2, 0.25) is 0 Å². The Morgan fingerprint density at radius 2 is 1.38 bits per heavy atom. The lowest BCUT2D eigenvalue weighted by atomic mass is 10.3. The highest BCUT2D eigenvalue weighted by atomic mass is 32.2. The largest absolute Gasteiger partial charge is 0.750 e. The summed E-state index contributed by atoms with van der Waals surface area (Å²) in [6, 6.07) is 0. The highest BCUT2D eigenvalue weighted by Gasteiger charge is 2.22. The van der Waals surface area contributed by atoms with E-state index in [0.717, 1.165) is 11.6 Å². The topological polar surface area (TPSA) is 245 Å². The van der Waals surface area contributed by atoms with Gasteiger partial charge in [-0.2, -0.15) is 8.42 Å². The van der Waals surface area contributed by atoms with Gasteiger partial charge in [0.1, 0.15) is 17.3 Å². The number of allylic oxidation sites excluding steroid dienone is 2. The van der Waals surface area contributed by atoms with Crippen LogP contribution in [0.1, 0.15) is 61.8 Å². The smallest absolute Gasteiger partial charge is 0.316 e. The van der Waals surface area contributed by atoms with Crippen LogP contribution in [0.4, 0.5) is 0 Å². The summed E-state index contributed by atoms with van der Waals surface area (Å²) in [5.41, 5.74) is 0. The number of carbonyl (C=O) groups excluding carboxylic acids is 3. The number of carbonyl (C=O) groups is 3. The molecule has 0 saturated carbocycles. The fraction of sp³-hybridized carbons (Fsp3) is 0.762. The van der Waals surface area contributed by atoms with Gasteiger partial charge in [0, 0.05) is 6.08 Å². The zero-order valence-corrected chi connectivity index (χ0v) is 26.7. The lowest BCUT2D eigenvalue weighted by Crippen LogP contribution is -3.11. The molecule has 1 aliphatic rings. The number of hydrogen-bond acceptors (Lipinski definition) is 13. The minimum absolute atomic E-state index is 0.135. The summed E-state index contributed by atoms with van der Waals surface area (Å²) in [7, 11) is -8.37. The third-order valence-corrected chi connectivity index (χ3v) is 6.39. The fourth-order valence-corrected chi connectivity index (χ4v) is 3.89. The molecule has 19 heteroatoms. The van der Waals surface area contributed by atoms with Crippen LogP contribution in [-0.2, 0) is 54.7 Å². The van der Waals surface area contributed by atoms with Gasteiger partial charge in [0.15, 0.2) is 16.1 Å². The van der Waals surface area contributed by atoms with E-state index in [9.17, 15) is 35.8 Å². The first kappa shape index (κ1) is 45.2. The molecule has 0 aliphatic carbocycles. The van der Waals surface area contributed by atoms with Gasteiger partial charge in [-0.25, -0.2) is 12.6 Å². The van der Waals surface area contributed by atoms with Crippen molar-refractivity contribution < 1.29 is 68.1 Å². The van der Waals surface area contributed by atoms with Crippen LogP contribution in [0.5, 0.6) is 0 Å². The Labute approximate surface area is 240 Å². The molecule has 240 valence electrons. The Morgan fingerprint density at radius 3 is 1.55 bits per heavy atom. The normalized spacial score (nSPS) is 14.2. The number of nitrogens with one attached hydrogen (secondary N) is 3. The molecular formula is C21H44N3O13S3-. The van der Waals surface area contributed by atoms with Gasteiger partial charge in [0.2, 0.25) is 5.91 Å². The van der Waals surface area contributed by atoms with E-state index in [4.69, 9.17) is 14.0 Å². The molecule has 1 heterocycles. The minimum atomic E-state index is -4.77. The molecule has 1 atom stereocenters. The first-order valence-corrected chi connectivity index (χ1v) is 16.2. The molecule has 0 saturated heterocycles. The average molecular weight is 643 g/mol. The quantitative estimate of drug-likeness (QED) is 0.0519. The van der Waals surface area contributed by atoms with Crippen molar-refractivity contribution in [2.24, 2.45) is 0 Å². The Kier molecular flexibility index (Phi) is 29.4. The maximum atomic E-state index is 10.6. The maximum absolute atomic E-state index is 10.6. The number of amides is 1. The molecule has 1 unspecified atom stereocenters. The molecule has 40 heavy (non-hydrogen) atoms. The van der Waals surface area contributed by atoms with Gasteiger partial charge in [-0.1, -0.05) is 0 Å². The van der Waals surface area contributed by atoms with Gasteiger partial charge in [-0.3, -0.25) is 19.1 Å². The van der Waals surface area contributed by atoms with Crippen LogP contribution in [0.25, 0.3) is 0 Å². The lowest BCUT2D eigenvalue weighted by molar-refractivity contribution is -0.894. The Hall–Kier alpha value is -1.84. The van der Waals surface area contributed by atoms with Crippen LogP contribution in [0.15, 0.2) is 11.8 Å². The van der Waals surface area contributed by atoms with Gasteiger partial charge in [0.05, 0.1) is 57.1 Å². The second-order valence-corrected chi connectivity index (χ2v) is 11.0. The lowest BCUT2D eigenvalue weighted by Gasteiger charge is -2.10. The van der Waals surface area contributed by atoms with E-state index in [1.54, 1.807) is 9.80 Å². The summed E-state index contributed by atoms with van der Waals surface area (Å²) in [5.74, 6) is -2.44. The maximum Gasteiger partial charge on any atom is 0.316 e. The van der Waals surface area contributed by atoms with E-state index in [-0.39, 0.29) is 5.76 Å². The summed E-state index contributed by atoms with van der Waals surface area (Å²) in [6.45, 7) is 23.5. The number of quaternary nitrogens is 2. The summed E-state index contributed by atoms with van der Waals surface area (Å²) < 4.78 is 76.2. The average Bonchev–Trinajstić information content (AvgIpc) is 2.79. The molecule has 0 fully saturated rings. The Morgan fingerprint density at radius 1 is 1.02 bits per heavy atom. The van der Waals surface area contributed by atoms with Crippen molar-refractivity contribution in [1.82, 2.24) is 4.72 Å². The van der Waals surface area contributed by atoms with Crippen LogP contribution in [0.3, 0.4) is 0 Å². The van der Waals surface area contributed by atoms with E-state index >= 15 is 0 Å². The molecule has 0 spiro atoms. The number of hydrogen-bond donors (Lipinski definition) is 3. The van der Waals surface area contributed by atoms with E-state index in [1.165, 1.54) is 52.3 Å². The van der Waals surface area contributed by atoms with Gasteiger partial charge in [-0.05, 0) is 55.4 Å². The molecule has 1 rings (SSSR count). The van der Waals surface area contributed by atoms with Gasteiger partial charge < -0.3 is 32.7 Å². The van der Waals surface area contributed by atoms with Gasteiger partial charge >= 0.3 is 10.1 Å². The minimum Gasteiger partial charge on any atom is -0.750 e. The molecule has 0 aromatic rings. The fourth-order valence-electron chi connectivity index (χ4n) is 2.60. The van der Waals surface area contributed by atoms with Crippen molar-refractivity contribution in [2.45, 2.75) is 61.8 Å². The molecular weight excluding hydrogens is 598 g/mol. The van der Waals surface area contributed by atoms with E-state index in [1.807, 2.05) is 0 Å². The van der Waals surface area contributed by atoms with Crippen LogP contribution in [-0.4, -0.2) is 92.6 Å². The summed E-state index contributed by atoms with van der Waals surface area (Å²) in [4.78, 5) is 34.5. The predicted octanol–water partition coefficient (Wildman–Crippen LogP) is -3.70. The molecule has 0 aromatic heterocycles. The number of rotatable bonds is 10. The zero-order valence-electron chi connectivity index (χ0n) is 24.3. The molecule has 3 N–H and O–H groups in total. The van der Waals surface area contributed by atoms with E-state index in [0.29, 0.717) is 0 Å². The SMILES string of the molecule is CC(=O)CC(=O)NS(=O)(=O)[O-].CC1=CC(=O)CS(=O)(=O)O1.CC[NH+](CC)CC.CC[NH+](CC)CC.O=S([O-])O[O-]. The van der Waals surface area contributed by atoms with Gasteiger partial charge in [0.25, 0.3) is 0 Å². The monoisotopic (exact) mass is 642 g/mol. The molecule has 1 amide bonds.